The number of rotatable bonds is 3. The van der Waals surface area contributed by atoms with Gasteiger partial charge in [0, 0.05) is 12.0 Å². The van der Waals surface area contributed by atoms with Crippen molar-refractivity contribution in [2.75, 3.05) is 13.2 Å². The first kappa shape index (κ1) is 9.46. The van der Waals surface area contributed by atoms with E-state index in [-0.39, 0.29) is 0 Å². The molecule has 1 atom stereocenters. The number of para-hydroxylation sites is 1. The number of hydrogen-bond acceptors (Lipinski definition) is 2. The molecule has 0 saturated carbocycles. The largest absolute Gasteiger partial charge is 0.493 e. The van der Waals surface area contributed by atoms with Crippen molar-refractivity contribution >= 4 is 0 Å². The molecule has 0 amide bonds. The highest BCUT2D eigenvalue weighted by Crippen LogP contribution is 2.35. The van der Waals surface area contributed by atoms with Gasteiger partial charge in [-0.25, -0.2) is 4.39 Å². The van der Waals surface area contributed by atoms with Crippen LogP contribution in [0.1, 0.15) is 23.7 Å². The molecule has 0 spiro atoms. The molecule has 1 aliphatic rings. The van der Waals surface area contributed by atoms with Crippen molar-refractivity contribution < 1.29 is 9.13 Å². The third-order valence-corrected chi connectivity index (χ3v) is 2.50. The fourth-order valence-electron chi connectivity index (χ4n) is 1.79. The van der Waals surface area contributed by atoms with E-state index >= 15 is 0 Å². The van der Waals surface area contributed by atoms with Crippen LogP contribution in [0.5, 0.6) is 5.75 Å². The van der Waals surface area contributed by atoms with Gasteiger partial charge in [-0.3, -0.25) is 0 Å². The normalized spacial score (nSPS) is 16.1. The quantitative estimate of drug-likeness (QED) is 0.800. The molecule has 14 heavy (non-hydrogen) atoms. The van der Waals surface area contributed by atoms with Crippen LogP contribution in [0, 0.1) is 0 Å². The smallest absolute Gasteiger partial charge is 0.130 e. The van der Waals surface area contributed by atoms with Crippen molar-refractivity contribution in [3.8, 4) is 5.75 Å². The van der Waals surface area contributed by atoms with Gasteiger partial charge >= 0.3 is 0 Å². The Morgan fingerprint density at radius 2 is 2.36 bits per heavy atom. The minimum Gasteiger partial charge on any atom is -0.493 e. The van der Waals surface area contributed by atoms with Gasteiger partial charge < -0.3 is 10.5 Å². The summed E-state index contributed by atoms with van der Waals surface area (Å²) in [5.74, 6) is 0.744. The summed E-state index contributed by atoms with van der Waals surface area (Å²) in [5, 5.41) is 0. The fraction of sp³-hybridized carbons (Fsp3) is 0.455. The number of ether oxygens (including phenoxy) is 1. The minimum atomic E-state index is -0.993. The maximum Gasteiger partial charge on any atom is 0.130 e. The first-order valence-electron chi connectivity index (χ1n) is 4.91. The Bertz CT molecular complexity index is 327. The van der Waals surface area contributed by atoms with Crippen LogP contribution >= 0.6 is 0 Å². The lowest BCUT2D eigenvalue weighted by atomic mass is 10.0. The Hall–Kier alpha value is -1.09. The molecule has 1 aromatic carbocycles. The molecule has 1 aromatic rings. The van der Waals surface area contributed by atoms with E-state index in [9.17, 15) is 4.39 Å². The predicted octanol–water partition coefficient (Wildman–Crippen LogP) is 1.98. The topological polar surface area (TPSA) is 35.2 Å². The monoisotopic (exact) mass is 195 g/mol. The Morgan fingerprint density at radius 1 is 1.50 bits per heavy atom. The summed E-state index contributed by atoms with van der Waals surface area (Å²) in [5.41, 5.74) is 7.10. The lowest BCUT2D eigenvalue weighted by Crippen LogP contribution is -2.04. The van der Waals surface area contributed by atoms with Gasteiger partial charge in [-0.05, 0) is 18.5 Å². The van der Waals surface area contributed by atoms with E-state index in [0.29, 0.717) is 25.1 Å². The number of halogens is 1. The van der Waals surface area contributed by atoms with Gasteiger partial charge in [0.05, 0.1) is 6.61 Å². The number of nitrogens with two attached hydrogens (primary N) is 1. The van der Waals surface area contributed by atoms with Crippen LogP contribution in [0.25, 0.3) is 0 Å². The van der Waals surface area contributed by atoms with E-state index in [2.05, 4.69) is 0 Å². The minimum absolute atomic E-state index is 0.361. The Morgan fingerprint density at radius 3 is 3.14 bits per heavy atom. The van der Waals surface area contributed by atoms with Crippen LogP contribution in [0.4, 0.5) is 4.39 Å². The average Bonchev–Trinajstić information content (AvgIpc) is 2.65. The summed E-state index contributed by atoms with van der Waals surface area (Å²) in [6, 6.07) is 5.65. The summed E-state index contributed by atoms with van der Waals surface area (Å²) in [4.78, 5) is 0. The maximum absolute atomic E-state index is 13.6. The Balaban J connectivity index is 2.29. The third-order valence-electron chi connectivity index (χ3n) is 2.50. The van der Waals surface area contributed by atoms with Crippen LogP contribution in [0.2, 0.25) is 0 Å². The zero-order valence-electron chi connectivity index (χ0n) is 8.00. The molecule has 0 fully saturated rings. The average molecular weight is 195 g/mol. The van der Waals surface area contributed by atoms with Gasteiger partial charge in [-0.15, -0.1) is 0 Å². The van der Waals surface area contributed by atoms with Crippen LogP contribution in [-0.2, 0) is 6.42 Å². The SMILES string of the molecule is NCCC(F)c1cccc2c1OCC2. The molecule has 2 nitrogen and oxygen atoms in total. The van der Waals surface area contributed by atoms with E-state index in [1.54, 1.807) is 6.07 Å². The summed E-state index contributed by atoms with van der Waals surface area (Å²) in [7, 11) is 0. The highest BCUT2D eigenvalue weighted by atomic mass is 19.1. The number of hydrogen-bond donors (Lipinski definition) is 1. The Kier molecular flexibility index (Phi) is 2.68. The van der Waals surface area contributed by atoms with E-state index in [4.69, 9.17) is 10.5 Å². The van der Waals surface area contributed by atoms with Gasteiger partial charge in [-0.1, -0.05) is 18.2 Å². The highest BCUT2D eigenvalue weighted by molar-refractivity contribution is 5.45. The van der Waals surface area contributed by atoms with Crippen molar-refractivity contribution in [3.05, 3.63) is 29.3 Å². The molecule has 1 unspecified atom stereocenters. The van der Waals surface area contributed by atoms with Crippen molar-refractivity contribution in [1.82, 2.24) is 0 Å². The first-order chi connectivity index (χ1) is 6.83. The number of benzene rings is 1. The molecular weight excluding hydrogens is 181 g/mol. The van der Waals surface area contributed by atoms with Crippen molar-refractivity contribution in [2.24, 2.45) is 5.73 Å². The van der Waals surface area contributed by atoms with Crippen LogP contribution in [0.3, 0.4) is 0 Å². The van der Waals surface area contributed by atoms with Gasteiger partial charge in [0.15, 0.2) is 0 Å². The molecule has 0 aromatic heterocycles. The van der Waals surface area contributed by atoms with E-state index in [0.717, 1.165) is 17.7 Å². The second kappa shape index (κ2) is 3.96. The standard InChI is InChI=1S/C11H14FNO/c12-10(4-6-13)9-3-1-2-8-5-7-14-11(8)9/h1-3,10H,4-7,13H2. The van der Waals surface area contributed by atoms with Crippen LogP contribution in [-0.4, -0.2) is 13.2 Å². The van der Waals surface area contributed by atoms with Gasteiger partial charge in [0.25, 0.3) is 0 Å². The molecule has 1 aliphatic heterocycles. The summed E-state index contributed by atoms with van der Waals surface area (Å²) < 4.78 is 19.0. The zero-order valence-corrected chi connectivity index (χ0v) is 8.00. The van der Waals surface area contributed by atoms with Gasteiger partial charge in [0.1, 0.15) is 11.9 Å². The molecule has 3 heteroatoms. The molecule has 2 N–H and O–H groups in total. The molecule has 0 radical (unpaired) electrons. The van der Waals surface area contributed by atoms with Crippen molar-refractivity contribution in [2.45, 2.75) is 19.0 Å². The number of alkyl halides is 1. The van der Waals surface area contributed by atoms with E-state index in [1.807, 2.05) is 12.1 Å². The van der Waals surface area contributed by atoms with Crippen molar-refractivity contribution in [3.63, 3.8) is 0 Å². The summed E-state index contributed by atoms with van der Waals surface area (Å²) in [6.45, 7) is 1.03. The second-order valence-electron chi connectivity index (χ2n) is 3.48. The molecule has 0 bridgehead atoms. The summed E-state index contributed by atoms with van der Waals surface area (Å²) in [6.07, 6.45) is 0.256. The molecule has 0 saturated heterocycles. The van der Waals surface area contributed by atoms with Crippen LogP contribution in [0.15, 0.2) is 18.2 Å². The van der Waals surface area contributed by atoms with E-state index in [1.165, 1.54) is 0 Å². The lowest BCUT2D eigenvalue weighted by molar-refractivity contribution is 0.302. The van der Waals surface area contributed by atoms with Gasteiger partial charge in [0.2, 0.25) is 0 Å². The van der Waals surface area contributed by atoms with Crippen LogP contribution < -0.4 is 10.5 Å². The zero-order chi connectivity index (χ0) is 9.97. The molecular formula is C11H14FNO. The lowest BCUT2D eigenvalue weighted by Gasteiger charge is -2.11. The number of fused-ring (bicyclic) bond motifs is 1. The van der Waals surface area contributed by atoms with Crippen molar-refractivity contribution in [1.29, 1.82) is 0 Å². The molecule has 2 rings (SSSR count). The predicted molar refractivity (Wildman–Crippen MR) is 53.2 cm³/mol. The fourth-order valence-corrected chi connectivity index (χ4v) is 1.79. The molecule has 1 heterocycles. The highest BCUT2D eigenvalue weighted by Gasteiger charge is 2.20. The molecule has 76 valence electrons. The second-order valence-corrected chi connectivity index (χ2v) is 3.48. The molecule has 0 aliphatic carbocycles. The van der Waals surface area contributed by atoms with E-state index < -0.39 is 6.17 Å². The summed E-state index contributed by atoms with van der Waals surface area (Å²) >= 11 is 0. The maximum atomic E-state index is 13.6. The first-order valence-corrected chi connectivity index (χ1v) is 4.91. The Labute approximate surface area is 82.9 Å². The third kappa shape index (κ3) is 1.60. The van der Waals surface area contributed by atoms with Gasteiger partial charge in [-0.2, -0.15) is 0 Å².